The molecule has 0 aromatic heterocycles. The van der Waals surface area contributed by atoms with E-state index in [4.69, 9.17) is 15.2 Å². The molecule has 0 heterocycles. The van der Waals surface area contributed by atoms with Crippen molar-refractivity contribution in [1.29, 1.82) is 0 Å². The van der Waals surface area contributed by atoms with Gasteiger partial charge in [-0.1, -0.05) is 12.1 Å². The summed E-state index contributed by atoms with van der Waals surface area (Å²) in [5.41, 5.74) is 9.80. The van der Waals surface area contributed by atoms with Crippen LogP contribution < -0.4 is 15.8 Å². The molecule has 0 fully saturated rings. The molecule has 20 heavy (non-hydrogen) atoms. The SMILES string of the molecule is COCCNc1ccc(N)cc1-c1cccc(OC)c1. The minimum atomic E-state index is 0.655. The van der Waals surface area contributed by atoms with Crippen LogP contribution in [0, 0.1) is 0 Å². The molecule has 2 rings (SSSR count). The third-order valence-corrected chi connectivity index (χ3v) is 3.05. The third-order valence-electron chi connectivity index (χ3n) is 3.05. The van der Waals surface area contributed by atoms with Crippen molar-refractivity contribution < 1.29 is 9.47 Å². The molecule has 0 amide bonds. The molecule has 0 aliphatic carbocycles. The van der Waals surface area contributed by atoms with Crippen LogP contribution in [0.25, 0.3) is 11.1 Å². The van der Waals surface area contributed by atoms with Crippen LogP contribution >= 0.6 is 0 Å². The lowest BCUT2D eigenvalue weighted by Gasteiger charge is -2.13. The van der Waals surface area contributed by atoms with Gasteiger partial charge in [0.25, 0.3) is 0 Å². The van der Waals surface area contributed by atoms with Crippen molar-refractivity contribution in [3.05, 3.63) is 42.5 Å². The first-order valence-corrected chi connectivity index (χ1v) is 6.51. The van der Waals surface area contributed by atoms with Gasteiger partial charge in [-0.15, -0.1) is 0 Å². The summed E-state index contributed by atoms with van der Waals surface area (Å²) in [5.74, 6) is 0.827. The zero-order chi connectivity index (χ0) is 14.4. The van der Waals surface area contributed by atoms with Gasteiger partial charge in [-0.3, -0.25) is 0 Å². The molecule has 0 aliphatic heterocycles. The second-order valence-electron chi connectivity index (χ2n) is 4.46. The normalized spacial score (nSPS) is 10.3. The monoisotopic (exact) mass is 272 g/mol. The van der Waals surface area contributed by atoms with E-state index in [1.807, 2.05) is 42.5 Å². The molecular weight excluding hydrogens is 252 g/mol. The largest absolute Gasteiger partial charge is 0.497 e. The predicted molar refractivity (Wildman–Crippen MR) is 83.2 cm³/mol. The fraction of sp³-hybridized carbons (Fsp3) is 0.250. The third kappa shape index (κ3) is 3.42. The summed E-state index contributed by atoms with van der Waals surface area (Å²) in [5, 5.41) is 3.36. The van der Waals surface area contributed by atoms with Gasteiger partial charge in [-0.05, 0) is 35.9 Å². The first kappa shape index (κ1) is 14.2. The minimum absolute atomic E-state index is 0.655. The van der Waals surface area contributed by atoms with E-state index >= 15 is 0 Å². The quantitative estimate of drug-likeness (QED) is 0.627. The highest BCUT2D eigenvalue weighted by atomic mass is 16.5. The number of hydrogen-bond acceptors (Lipinski definition) is 4. The first-order valence-electron chi connectivity index (χ1n) is 6.51. The van der Waals surface area contributed by atoms with Gasteiger partial charge in [0, 0.05) is 30.6 Å². The maximum atomic E-state index is 5.91. The number of methoxy groups -OCH3 is 2. The van der Waals surface area contributed by atoms with E-state index in [0.29, 0.717) is 6.61 Å². The number of nitrogens with two attached hydrogens (primary N) is 1. The van der Waals surface area contributed by atoms with E-state index in [-0.39, 0.29) is 0 Å². The minimum Gasteiger partial charge on any atom is -0.497 e. The van der Waals surface area contributed by atoms with Crippen LogP contribution in [-0.4, -0.2) is 27.4 Å². The van der Waals surface area contributed by atoms with Crippen LogP contribution in [-0.2, 0) is 4.74 Å². The Morgan fingerprint density at radius 2 is 1.95 bits per heavy atom. The van der Waals surface area contributed by atoms with Crippen molar-refractivity contribution >= 4 is 11.4 Å². The van der Waals surface area contributed by atoms with Crippen LogP contribution in [0.2, 0.25) is 0 Å². The molecule has 4 nitrogen and oxygen atoms in total. The van der Waals surface area contributed by atoms with Crippen molar-refractivity contribution in [3.8, 4) is 16.9 Å². The Morgan fingerprint density at radius 1 is 1.10 bits per heavy atom. The fourth-order valence-electron chi connectivity index (χ4n) is 2.03. The second kappa shape index (κ2) is 6.82. The van der Waals surface area contributed by atoms with Gasteiger partial charge < -0.3 is 20.5 Å². The molecule has 0 aliphatic rings. The van der Waals surface area contributed by atoms with Gasteiger partial charge >= 0.3 is 0 Å². The smallest absolute Gasteiger partial charge is 0.119 e. The fourth-order valence-corrected chi connectivity index (χ4v) is 2.03. The number of nitrogens with one attached hydrogen (secondary N) is 1. The van der Waals surface area contributed by atoms with Gasteiger partial charge in [0.15, 0.2) is 0 Å². The second-order valence-corrected chi connectivity index (χ2v) is 4.46. The Kier molecular flexibility index (Phi) is 4.85. The van der Waals surface area contributed by atoms with Crippen LogP contribution in [0.1, 0.15) is 0 Å². The number of ether oxygens (including phenoxy) is 2. The summed E-state index contributed by atoms with van der Waals surface area (Å²) < 4.78 is 10.3. The zero-order valence-corrected chi connectivity index (χ0v) is 11.8. The molecule has 0 saturated carbocycles. The summed E-state index contributed by atoms with van der Waals surface area (Å²) in [4.78, 5) is 0. The summed E-state index contributed by atoms with van der Waals surface area (Å²) in [7, 11) is 3.35. The van der Waals surface area contributed by atoms with E-state index in [1.54, 1.807) is 14.2 Å². The topological polar surface area (TPSA) is 56.5 Å². The van der Waals surface area contributed by atoms with Crippen molar-refractivity contribution in [3.63, 3.8) is 0 Å². The van der Waals surface area contributed by atoms with Gasteiger partial charge in [0.2, 0.25) is 0 Å². The van der Waals surface area contributed by atoms with E-state index < -0.39 is 0 Å². The van der Waals surface area contributed by atoms with Crippen molar-refractivity contribution in [2.24, 2.45) is 0 Å². The van der Waals surface area contributed by atoms with E-state index in [9.17, 15) is 0 Å². The highest BCUT2D eigenvalue weighted by Gasteiger charge is 2.06. The van der Waals surface area contributed by atoms with Crippen LogP contribution in [0.4, 0.5) is 11.4 Å². The van der Waals surface area contributed by atoms with E-state index in [1.165, 1.54) is 0 Å². The molecule has 0 bridgehead atoms. The molecule has 0 saturated heterocycles. The first-order chi connectivity index (χ1) is 9.74. The molecule has 4 heteroatoms. The predicted octanol–water partition coefficient (Wildman–Crippen LogP) is 3.00. The summed E-state index contributed by atoms with van der Waals surface area (Å²) >= 11 is 0. The Labute approximate surface area is 119 Å². The maximum Gasteiger partial charge on any atom is 0.119 e. The van der Waals surface area contributed by atoms with E-state index in [0.717, 1.165) is 34.8 Å². The molecule has 2 aromatic carbocycles. The molecule has 2 aromatic rings. The van der Waals surface area contributed by atoms with E-state index in [2.05, 4.69) is 5.32 Å². The summed E-state index contributed by atoms with van der Waals surface area (Å²) in [6, 6.07) is 13.8. The average Bonchev–Trinajstić information content (AvgIpc) is 2.49. The van der Waals surface area contributed by atoms with Crippen LogP contribution in [0.3, 0.4) is 0 Å². The molecule has 106 valence electrons. The highest BCUT2D eigenvalue weighted by Crippen LogP contribution is 2.31. The van der Waals surface area contributed by atoms with Gasteiger partial charge in [-0.25, -0.2) is 0 Å². The lowest BCUT2D eigenvalue weighted by molar-refractivity contribution is 0.211. The molecule has 3 N–H and O–H groups in total. The molecule has 0 unspecified atom stereocenters. The average molecular weight is 272 g/mol. The number of rotatable bonds is 6. The highest BCUT2D eigenvalue weighted by molar-refractivity contribution is 5.81. The summed E-state index contributed by atoms with van der Waals surface area (Å²) in [6.45, 7) is 1.40. The van der Waals surface area contributed by atoms with Gasteiger partial charge in [-0.2, -0.15) is 0 Å². The van der Waals surface area contributed by atoms with Crippen molar-refractivity contribution in [2.75, 3.05) is 38.4 Å². The Hall–Kier alpha value is -2.20. The summed E-state index contributed by atoms with van der Waals surface area (Å²) in [6.07, 6.45) is 0. The Morgan fingerprint density at radius 3 is 2.70 bits per heavy atom. The van der Waals surface area contributed by atoms with Gasteiger partial charge in [0.05, 0.1) is 13.7 Å². The lowest BCUT2D eigenvalue weighted by atomic mass is 10.0. The van der Waals surface area contributed by atoms with Crippen molar-refractivity contribution in [1.82, 2.24) is 0 Å². The zero-order valence-electron chi connectivity index (χ0n) is 11.8. The standard InChI is InChI=1S/C16H20N2O2/c1-19-9-8-18-16-7-6-13(17)11-15(16)12-4-3-5-14(10-12)20-2/h3-7,10-11,18H,8-9,17H2,1-2H3. The number of anilines is 2. The molecule has 0 spiro atoms. The number of nitrogen functional groups attached to an aromatic ring is 1. The maximum absolute atomic E-state index is 5.91. The molecule has 0 radical (unpaired) electrons. The molecule has 0 atom stereocenters. The molecular formula is C16H20N2O2. The van der Waals surface area contributed by atoms with Crippen LogP contribution in [0.5, 0.6) is 5.75 Å². The number of benzene rings is 2. The Bertz CT molecular complexity index is 570. The van der Waals surface area contributed by atoms with Crippen LogP contribution in [0.15, 0.2) is 42.5 Å². The van der Waals surface area contributed by atoms with Crippen molar-refractivity contribution in [2.45, 2.75) is 0 Å². The number of hydrogen-bond donors (Lipinski definition) is 2. The lowest BCUT2D eigenvalue weighted by Crippen LogP contribution is -2.08. The Balaban J connectivity index is 2.34. The van der Waals surface area contributed by atoms with Gasteiger partial charge in [0.1, 0.15) is 5.75 Å².